The van der Waals surface area contributed by atoms with Crippen LogP contribution in [-0.4, -0.2) is 23.5 Å². The van der Waals surface area contributed by atoms with Gasteiger partial charge in [0, 0.05) is 12.1 Å². The molecule has 1 heteroatoms. The third-order valence-electron chi connectivity index (χ3n) is 6.56. The third kappa shape index (κ3) is 1.11. The fourth-order valence-corrected chi connectivity index (χ4v) is 5.46. The Balaban J connectivity index is 1.87. The van der Waals surface area contributed by atoms with Gasteiger partial charge in [0.15, 0.2) is 0 Å². The van der Waals surface area contributed by atoms with Gasteiger partial charge in [0.1, 0.15) is 0 Å². The maximum absolute atomic E-state index is 2.81. The second-order valence-electron chi connectivity index (χ2n) is 6.81. The van der Waals surface area contributed by atoms with Crippen LogP contribution in [0, 0.1) is 35.5 Å². The number of nitrogens with zero attached hydrogens (tertiary/aromatic N) is 1. The van der Waals surface area contributed by atoms with Crippen molar-refractivity contribution in [3.63, 3.8) is 0 Å². The van der Waals surface area contributed by atoms with Crippen molar-refractivity contribution in [1.82, 2.24) is 4.90 Å². The molecule has 2 unspecified atom stereocenters. The highest BCUT2D eigenvalue weighted by Crippen LogP contribution is 2.63. The summed E-state index contributed by atoms with van der Waals surface area (Å²) in [5.41, 5.74) is 0. The molecule has 3 fully saturated rings. The lowest BCUT2D eigenvalue weighted by Gasteiger charge is -2.51. The summed E-state index contributed by atoms with van der Waals surface area (Å²) in [6, 6.07) is 1.78. The molecule has 1 heterocycles. The van der Waals surface area contributed by atoms with Crippen LogP contribution in [0.5, 0.6) is 0 Å². The van der Waals surface area contributed by atoms with Gasteiger partial charge in [0.05, 0.1) is 0 Å². The molecule has 0 N–H and O–H groups in total. The molecule has 1 aliphatic heterocycles. The lowest BCUT2D eigenvalue weighted by atomic mass is 9.58. The molecule has 0 aromatic heterocycles. The molecule has 0 bridgehead atoms. The van der Waals surface area contributed by atoms with E-state index in [2.05, 4.69) is 39.5 Å². The van der Waals surface area contributed by atoms with Gasteiger partial charge in [-0.3, -0.25) is 4.90 Å². The maximum atomic E-state index is 2.81. The second-order valence-corrected chi connectivity index (χ2v) is 6.81. The lowest BCUT2D eigenvalue weighted by Crippen LogP contribution is -2.54. The fourth-order valence-electron chi connectivity index (χ4n) is 5.46. The molecule has 16 heavy (non-hydrogen) atoms. The number of hydrogen-bond donors (Lipinski definition) is 0. The van der Waals surface area contributed by atoms with Gasteiger partial charge >= 0.3 is 0 Å². The monoisotopic (exact) mass is 221 g/mol. The molecule has 3 rings (SSSR count). The van der Waals surface area contributed by atoms with Crippen molar-refractivity contribution in [3.8, 4) is 0 Å². The van der Waals surface area contributed by atoms with Crippen molar-refractivity contribution < 1.29 is 0 Å². The maximum Gasteiger partial charge on any atom is 0.0163 e. The minimum absolute atomic E-state index is 0.827. The summed E-state index contributed by atoms with van der Waals surface area (Å²) >= 11 is 0. The van der Waals surface area contributed by atoms with Crippen LogP contribution in [-0.2, 0) is 0 Å². The van der Waals surface area contributed by atoms with E-state index in [0.29, 0.717) is 0 Å². The molecule has 1 nitrogen and oxygen atoms in total. The Kier molecular flexibility index (Phi) is 2.41. The van der Waals surface area contributed by atoms with Crippen LogP contribution in [0.4, 0.5) is 0 Å². The van der Waals surface area contributed by atoms with E-state index in [1.807, 2.05) is 0 Å². The van der Waals surface area contributed by atoms with Crippen LogP contribution in [0.3, 0.4) is 0 Å². The average molecular weight is 221 g/mol. The van der Waals surface area contributed by atoms with Crippen LogP contribution in [0.2, 0.25) is 0 Å². The Bertz CT molecular complexity index is 287. The van der Waals surface area contributed by atoms with Gasteiger partial charge in [-0.25, -0.2) is 0 Å². The summed E-state index contributed by atoms with van der Waals surface area (Å²) in [4.78, 5) is 2.81. The van der Waals surface area contributed by atoms with E-state index in [4.69, 9.17) is 0 Å². The van der Waals surface area contributed by atoms with Crippen LogP contribution >= 0.6 is 0 Å². The quantitative estimate of drug-likeness (QED) is 0.657. The predicted molar refractivity (Wildman–Crippen MR) is 68.2 cm³/mol. The first-order chi connectivity index (χ1) is 7.57. The fraction of sp³-hybridized carbons (Fsp3) is 1.00. The summed E-state index contributed by atoms with van der Waals surface area (Å²) in [7, 11) is 0. The average Bonchev–Trinajstić information content (AvgIpc) is 2.60. The van der Waals surface area contributed by atoms with E-state index in [1.54, 1.807) is 0 Å². The normalized spacial score (nSPS) is 60.6. The Morgan fingerprint density at radius 2 is 1.69 bits per heavy atom. The van der Waals surface area contributed by atoms with Crippen LogP contribution in [0.15, 0.2) is 0 Å². The third-order valence-corrected chi connectivity index (χ3v) is 6.56. The van der Waals surface area contributed by atoms with Gasteiger partial charge in [0.2, 0.25) is 0 Å². The Hall–Kier alpha value is -0.0400. The molecule has 92 valence electrons. The van der Waals surface area contributed by atoms with E-state index in [9.17, 15) is 0 Å². The molecule has 3 aliphatic rings. The van der Waals surface area contributed by atoms with Gasteiger partial charge in [-0.15, -0.1) is 0 Å². The first kappa shape index (κ1) is 11.1. The minimum Gasteiger partial charge on any atom is -0.297 e. The van der Waals surface area contributed by atoms with E-state index in [1.165, 1.54) is 13.0 Å². The highest BCUT2D eigenvalue weighted by Gasteiger charge is 2.64. The largest absolute Gasteiger partial charge is 0.297 e. The smallest absolute Gasteiger partial charge is 0.0163 e. The molecule has 2 saturated carbocycles. The molecule has 2 aliphatic carbocycles. The Morgan fingerprint density at radius 1 is 1.00 bits per heavy atom. The van der Waals surface area contributed by atoms with E-state index >= 15 is 0 Å². The van der Waals surface area contributed by atoms with Crippen LogP contribution < -0.4 is 0 Å². The SMILES string of the molecule is CCN1[C@H]2[C@H](C3C(C)[C@@H](C)C[C@H]32)[C@H](C)[C@@H]1C. The lowest BCUT2D eigenvalue weighted by molar-refractivity contribution is -0.0193. The minimum atomic E-state index is 0.827. The van der Waals surface area contributed by atoms with E-state index in [-0.39, 0.29) is 0 Å². The topological polar surface area (TPSA) is 3.24 Å². The molecule has 8 atom stereocenters. The predicted octanol–water partition coefficient (Wildman–Crippen LogP) is 3.25. The molecular formula is C15H27N. The van der Waals surface area contributed by atoms with Crippen molar-refractivity contribution >= 4 is 0 Å². The zero-order chi connectivity index (χ0) is 11.6. The number of rotatable bonds is 1. The highest BCUT2D eigenvalue weighted by molar-refractivity contribution is 5.15. The molecule has 0 aromatic rings. The molecule has 1 saturated heterocycles. The van der Waals surface area contributed by atoms with Crippen LogP contribution in [0.25, 0.3) is 0 Å². The van der Waals surface area contributed by atoms with Gasteiger partial charge in [-0.1, -0.05) is 27.7 Å². The molecular weight excluding hydrogens is 194 g/mol. The molecule has 0 radical (unpaired) electrons. The number of hydrogen-bond acceptors (Lipinski definition) is 1. The van der Waals surface area contributed by atoms with Crippen molar-refractivity contribution in [2.45, 2.75) is 53.1 Å². The van der Waals surface area contributed by atoms with Crippen molar-refractivity contribution in [3.05, 3.63) is 0 Å². The zero-order valence-electron chi connectivity index (χ0n) is 11.5. The molecule has 0 aromatic carbocycles. The first-order valence-electron chi connectivity index (χ1n) is 7.33. The molecule has 0 spiro atoms. The van der Waals surface area contributed by atoms with Gasteiger partial charge in [-0.05, 0) is 55.4 Å². The second kappa shape index (κ2) is 3.48. The standard InChI is InChI=1S/C15H27N/c1-6-16-11(5)10(4)14-13-9(3)8(2)7-12(13)15(14)16/h8-15H,6-7H2,1-5H3/t8-,9?,10+,11-,12+,13?,14-,15+/m0/s1. The highest BCUT2D eigenvalue weighted by atomic mass is 15.2. The molecule has 0 amide bonds. The number of likely N-dealkylation sites (tertiary alicyclic amines) is 1. The zero-order valence-corrected chi connectivity index (χ0v) is 11.5. The Labute approximate surface area is 101 Å². The number of fused-ring (bicyclic) bond motifs is 4. The summed E-state index contributed by atoms with van der Waals surface area (Å²) in [5.74, 6) is 6.02. The van der Waals surface area contributed by atoms with Gasteiger partial charge in [-0.2, -0.15) is 0 Å². The van der Waals surface area contributed by atoms with Crippen molar-refractivity contribution in [1.29, 1.82) is 0 Å². The summed E-state index contributed by atoms with van der Waals surface area (Å²) in [6.45, 7) is 13.6. The van der Waals surface area contributed by atoms with Gasteiger partial charge < -0.3 is 0 Å². The first-order valence-corrected chi connectivity index (χ1v) is 7.33. The Morgan fingerprint density at radius 3 is 2.31 bits per heavy atom. The summed E-state index contributed by atoms with van der Waals surface area (Å²) < 4.78 is 0. The van der Waals surface area contributed by atoms with Gasteiger partial charge in [0.25, 0.3) is 0 Å². The summed E-state index contributed by atoms with van der Waals surface area (Å²) in [5, 5.41) is 0. The van der Waals surface area contributed by atoms with E-state index in [0.717, 1.165) is 47.6 Å². The van der Waals surface area contributed by atoms with Crippen molar-refractivity contribution in [2.75, 3.05) is 6.54 Å². The summed E-state index contributed by atoms with van der Waals surface area (Å²) in [6.07, 6.45) is 1.50. The van der Waals surface area contributed by atoms with Crippen molar-refractivity contribution in [2.24, 2.45) is 35.5 Å². The van der Waals surface area contributed by atoms with E-state index < -0.39 is 0 Å². The van der Waals surface area contributed by atoms with Crippen LogP contribution in [0.1, 0.15) is 41.0 Å².